The molecule has 7 heteroatoms. The van der Waals surface area contributed by atoms with E-state index in [9.17, 15) is 19.1 Å². The molecule has 6 nitrogen and oxygen atoms in total. The highest BCUT2D eigenvalue weighted by Crippen LogP contribution is 2.25. The molecule has 0 spiro atoms. The number of aryl methyl sites for hydroxylation is 1. The van der Waals surface area contributed by atoms with E-state index >= 15 is 0 Å². The highest BCUT2D eigenvalue weighted by atomic mass is 19.1. The predicted octanol–water partition coefficient (Wildman–Crippen LogP) is 2.76. The Morgan fingerprint density at radius 2 is 1.81 bits per heavy atom. The second-order valence-corrected chi connectivity index (χ2v) is 5.92. The van der Waals surface area contributed by atoms with Crippen LogP contribution in [0.1, 0.15) is 23.5 Å². The van der Waals surface area contributed by atoms with E-state index in [4.69, 9.17) is 9.47 Å². The maximum absolute atomic E-state index is 13.0. The van der Waals surface area contributed by atoms with Crippen LogP contribution < -0.4 is 14.8 Å². The summed E-state index contributed by atoms with van der Waals surface area (Å²) in [5.41, 5.74) is 1.25. The molecule has 0 saturated heterocycles. The summed E-state index contributed by atoms with van der Waals surface area (Å²) in [5, 5.41) is 12.0. The number of hydrogen-bond acceptors (Lipinski definition) is 4. The molecule has 0 fully saturated rings. The van der Waals surface area contributed by atoms with Crippen LogP contribution in [0.25, 0.3) is 0 Å². The number of ether oxygens (including phenoxy) is 2. The minimum atomic E-state index is -1.09. The van der Waals surface area contributed by atoms with E-state index in [1.807, 2.05) is 0 Å². The van der Waals surface area contributed by atoms with Crippen molar-refractivity contribution in [1.29, 1.82) is 0 Å². The number of carbonyl (C=O) groups is 2. The SMILES string of the molecule is COc1ccc(OC)c(CCC(=O)NCC(C(=O)O)c2ccc(F)cc2)c1. The van der Waals surface area contributed by atoms with Gasteiger partial charge in [0.05, 0.1) is 20.1 Å². The Hall–Kier alpha value is -3.09. The highest BCUT2D eigenvalue weighted by Gasteiger charge is 2.20. The zero-order chi connectivity index (χ0) is 19.8. The third-order valence-electron chi connectivity index (χ3n) is 4.18. The first kappa shape index (κ1) is 20.2. The van der Waals surface area contributed by atoms with Gasteiger partial charge in [0.25, 0.3) is 0 Å². The molecule has 0 heterocycles. The van der Waals surface area contributed by atoms with Gasteiger partial charge in [0.15, 0.2) is 0 Å². The summed E-state index contributed by atoms with van der Waals surface area (Å²) in [6.45, 7) is -0.0744. The molecular formula is C20H22FNO5. The van der Waals surface area contributed by atoms with Crippen LogP contribution in [-0.2, 0) is 16.0 Å². The molecule has 2 N–H and O–H groups in total. The number of carboxylic acid groups (broad SMARTS) is 1. The summed E-state index contributed by atoms with van der Waals surface area (Å²) >= 11 is 0. The molecule has 1 unspecified atom stereocenters. The number of halogens is 1. The standard InChI is InChI=1S/C20H22FNO5/c1-26-16-8-9-18(27-2)14(11-16)5-10-19(23)22-12-17(20(24)25)13-3-6-15(21)7-4-13/h3-4,6-9,11,17H,5,10,12H2,1-2H3,(H,22,23)(H,24,25). The van der Waals surface area contributed by atoms with Crippen LogP contribution >= 0.6 is 0 Å². The third kappa shape index (κ3) is 5.70. The summed E-state index contributed by atoms with van der Waals surface area (Å²) in [6.07, 6.45) is 0.583. The molecule has 0 bridgehead atoms. The van der Waals surface area contributed by atoms with Gasteiger partial charge in [0.2, 0.25) is 5.91 Å². The third-order valence-corrected chi connectivity index (χ3v) is 4.18. The number of methoxy groups -OCH3 is 2. The van der Waals surface area contributed by atoms with Crippen LogP contribution in [0.2, 0.25) is 0 Å². The van der Waals surface area contributed by atoms with Crippen molar-refractivity contribution < 1.29 is 28.6 Å². The topological polar surface area (TPSA) is 84.9 Å². The van der Waals surface area contributed by atoms with Gasteiger partial charge in [-0.25, -0.2) is 4.39 Å². The predicted molar refractivity (Wildman–Crippen MR) is 97.7 cm³/mol. The van der Waals surface area contributed by atoms with Gasteiger partial charge in [-0.1, -0.05) is 12.1 Å². The molecule has 0 aliphatic carbocycles. The maximum Gasteiger partial charge on any atom is 0.312 e. The molecule has 0 aliphatic rings. The maximum atomic E-state index is 13.0. The minimum absolute atomic E-state index is 0.0744. The lowest BCUT2D eigenvalue weighted by Gasteiger charge is -2.14. The summed E-state index contributed by atoms with van der Waals surface area (Å²) < 4.78 is 23.5. The molecule has 0 radical (unpaired) electrons. The molecule has 0 aromatic heterocycles. The average molecular weight is 375 g/mol. The van der Waals surface area contributed by atoms with Crippen LogP contribution in [0.5, 0.6) is 11.5 Å². The fraction of sp³-hybridized carbons (Fsp3) is 0.300. The molecule has 1 atom stereocenters. The molecule has 2 rings (SSSR count). The van der Waals surface area contributed by atoms with Crippen molar-refractivity contribution in [3.63, 3.8) is 0 Å². The quantitative estimate of drug-likeness (QED) is 0.704. The zero-order valence-corrected chi connectivity index (χ0v) is 15.2. The molecule has 0 aliphatic heterocycles. The van der Waals surface area contributed by atoms with Gasteiger partial charge in [-0.15, -0.1) is 0 Å². The van der Waals surface area contributed by atoms with E-state index in [0.29, 0.717) is 23.5 Å². The number of carbonyl (C=O) groups excluding carboxylic acids is 1. The fourth-order valence-electron chi connectivity index (χ4n) is 2.67. The van der Waals surface area contributed by atoms with Gasteiger partial charge in [0.1, 0.15) is 17.3 Å². The van der Waals surface area contributed by atoms with Crippen molar-refractivity contribution in [2.45, 2.75) is 18.8 Å². The van der Waals surface area contributed by atoms with Crippen LogP contribution in [0.3, 0.4) is 0 Å². The number of carboxylic acids is 1. The smallest absolute Gasteiger partial charge is 0.312 e. The van der Waals surface area contributed by atoms with Crippen LogP contribution in [0.4, 0.5) is 4.39 Å². The number of amides is 1. The van der Waals surface area contributed by atoms with Crippen molar-refractivity contribution >= 4 is 11.9 Å². The van der Waals surface area contributed by atoms with E-state index in [1.54, 1.807) is 32.4 Å². The summed E-state index contributed by atoms with van der Waals surface area (Å²) in [5.74, 6) is -1.45. The highest BCUT2D eigenvalue weighted by molar-refractivity contribution is 5.80. The van der Waals surface area contributed by atoms with Gasteiger partial charge >= 0.3 is 5.97 Å². The Morgan fingerprint density at radius 1 is 1.11 bits per heavy atom. The van der Waals surface area contributed by atoms with Crippen molar-refractivity contribution in [3.05, 3.63) is 59.4 Å². The lowest BCUT2D eigenvalue weighted by Crippen LogP contribution is -2.31. The Labute approximate surface area is 156 Å². The van der Waals surface area contributed by atoms with Crippen molar-refractivity contribution in [2.75, 3.05) is 20.8 Å². The molecule has 0 saturated carbocycles. The van der Waals surface area contributed by atoms with Gasteiger partial charge in [0, 0.05) is 13.0 Å². The lowest BCUT2D eigenvalue weighted by molar-refractivity contribution is -0.138. The number of nitrogens with one attached hydrogen (secondary N) is 1. The van der Waals surface area contributed by atoms with E-state index in [1.165, 1.54) is 24.3 Å². The molecular weight excluding hydrogens is 353 g/mol. The number of aliphatic carboxylic acids is 1. The van der Waals surface area contributed by atoms with E-state index in [-0.39, 0.29) is 18.9 Å². The van der Waals surface area contributed by atoms with Gasteiger partial charge < -0.3 is 19.9 Å². The fourth-order valence-corrected chi connectivity index (χ4v) is 2.67. The van der Waals surface area contributed by atoms with Crippen LogP contribution in [0.15, 0.2) is 42.5 Å². The first-order chi connectivity index (χ1) is 12.9. The minimum Gasteiger partial charge on any atom is -0.497 e. The van der Waals surface area contributed by atoms with Crippen molar-refractivity contribution in [3.8, 4) is 11.5 Å². The second-order valence-electron chi connectivity index (χ2n) is 5.92. The second kappa shape index (κ2) is 9.56. The zero-order valence-electron chi connectivity index (χ0n) is 15.2. The van der Waals surface area contributed by atoms with Crippen LogP contribution in [0, 0.1) is 5.82 Å². The van der Waals surface area contributed by atoms with Crippen LogP contribution in [-0.4, -0.2) is 37.7 Å². The molecule has 2 aromatic carbocycles. The summed E-state index contributed by atoms with van der Waals surface area (Å²) in [6, 6.07) is 10.5. The summed E-state index contributed by atoms with van der Waals surface area (Å²) in [4.78, 5) is 23.6. The number of hydrogen-bond donors (Lipinski definition) is 2. The summed E-state index contributed by atoms with van der Waals surface area (Å²) in [7, 11) is 3.10. The Morgan fingerprint density at radius 3 is 2.41 bits per heavy atom. The number of benzene rings is 2. The Bertz CT molecular complexity index is 791. The molecule has 1 amide bonds. The van der Waals surface area contributed by atoms with Crippen molar-refractivity contribution in [2.24, 2.45) is 0 Å². The molecule has 144 valence electrons. The molecule has 27 heavy (non-hydrogen) atoms. The van der Waals surface area contributed by atoms with Gasteiger partial charge in [-0.3, -0.25) is 9.59 Å². The Balaban J connectivity index is 1.95. The van der Waals surface area contributed by atoms with Gasteiger partial charge in [-0.05, 0) is 47.9 Å². The molecule has 2 aromatic rings. The normalized spacial score (nSPS) is 11.5. The van der Waals surface area contributed by atoms with E-state index in [2.05, 4.69) is 5.32 Å². The van der Waals surface area contributed by atoms with E-state index in [0.717, 1.165) is 5.56 Å². The van der Waals surface area contributed by atoms with Crippen molar-refractivity contribution in [1.82, 2.24) is 5.32 Å². The first-order valence-electron chi connectivity index (χ1n) is 8.40. The Kier molecular flexibility index (Phi) is 7.16. The monoisotopic (exact) mass is 375 g/mol. The largest absolute Gasteiger partial charge is 0.497 e. The number of rotatable bonds is 9. The lowest BCUT2D eigenvalue weighted by atomic mass is 9.99. The first-order valence-corrected chi connectivity index (χ1v) is 8.40. The average Bonchev–Trinajstić information content (AvgIpc) is 2.67. The van der Waals surface area contributed by atoms with Gasteiger partial charge in [-0.2, -0.15) is 0 Å². The van der Waals surface area contributed by atoms with E-state index < -0.39 is 17.7 Å².